The van der Waals surface area contributed by atoms with E-state index in [1.165, 1.54) is 38.5 Å². The van der Waals surface area contributed by atoms with Crippen LogP contribution in [-0.2, 0) is 16.1 Å². The largest absolute Gasteiger partial charge is 0.494 e. The second-order valence-electron chi connectivity index (χ2n) is 11.5. The normalized spacial score (nSPS) is 12.7. The van der Waals surface area contributed by atoms with Crippen LogP contribution in [0.15, 0.2) is 23.2 Å². The van der Waals surface area contributed by atoms with Gasteiger partial charge in [-0.15, -0.1) is 0 Å². The number of guanidine groups is 1. The smallest absolute Gasteiger partial charge is 0.239 e. The molecule has 0 radical (unpaired) electrons. The van der Waals surface area contributed by atoms with Crippen molar-refractivity contribution in [2.75, 3.05) is 32.8 Å². The number of ether oxygens (including phenoxy) is 1. The third kappa shape index (κ3) is 13.1. The highest BCUT2D eigenvalue weighted by atomic mass is 16.5. The van der Waals surface area contributed by atoms with Gasteiger partial charge in [0, 0.05) is 38.2 Å². The summed E-state index contributed by atoms with van der Waals surface area (Å²) >= 11 is 0. The Labute approximate surface area is 243 Å². The van der Waals surface area contributed by atoms with Gasteiger partial charge in [0.2, 0.25) is 11.8 Å². The number of carbonyl (C=O) groups excluding carboxylic acids is 2. The molecule has 1 aliphatic heterocycles. The molecule has 1 heterocycles. The third-order valence-corrected chi connectivity index (χ3v) is 7.31. The van der Waals surface area contributed by atoms with Crippen LogP contribution in [0.4, 0.5) is 5.69 Å². The molecule has 40 heavy (non-hydrogen) atoms. The monoisotopic (exact) mass is 557 g/mol. The molecule has 0 unspecified atom stereocenters. The number of nitrogens with two attached hydrogens (primary N) is 1. The Hall–Kier alpha value is -2.77. The fourth-order valence-electron chi connectivity index (χ4n) is 4.86. The first-order valence-corrected chi connectivity index (χ1v) is 15.7. The van der Waals surface area contributed by atoms with Gasteiger partial charge in [-0.1, -0.05) is 66.2 Å². The lowest BCUT2D eigenvalue weighted by molar-refractivity contribution is -0.131. The second kappa shape index (κ2) is 19.3. The van der Waals surface area contributed by atoms with Crippen molar-refractivity contribution < 1.29 is 14.3 Å². The minimum absolute atomic E-state index is 0.0489. The minimum atomic E-state index is -0.0489. The summed E-state index contributed by atoms with van der Waals surface area (Å²) in [6.07, 6.45) is 12.7. The summed E-state index contributed by atoms with van der Waals surface area (Å²) in [4.78, 5) is 33.7. The van der Waals surface area contributed by atoms with Crippen molar-refractivity contribution in [3.8, 4) is 5.75 Å². The Kier molecular flexibility index (Phi) is 16.2. The van der Waals surface area contributed by atoms with Crippen molar-refractivity contribution in [1.82, 2.24) is 15.1 Å². The first kappa shape index (κ1) is 33.4. The van der Waals surface area contributed by atoms with E-state index in [1.807, 2.05) is 18.2 Å². The number of fused-ring (bicyclic) bond motifs is 1. The quantitative estimate of drug-likeness (QED) is 0.177. The lowest BCUT2D eigenvalue weighted by atomic mass is 10.1. The average Bonchev–Trinajstić information content (AvgIpc) is 2.93. The second-order valence-corrected chi connectivity index (χ2v) is 11.5. The highest BCUT2D eigenvalue weighted by Gasteiger charge is 2.20. The summed E-state index contributed by atoms with van der Waals surface area (Å²) in [5.74, 6) is 1.92. The number of nitrogens with zero attached hydrogens (tertiary/aromatic N) is 3. The molecule has 3 N–H and O–H groups in total. The van der Waals surface area contributed by atoms with Gasteiger partial charge in [-0.3, -0.25) is 9.59 Å². The van der Waals surface area contributed by atoms with E-state index >= 15 is 0 Å². The molecule has 0 bridgehead atoms. The molecule has 8 heteroatoms. The SMILES string of the molecule is CCCCCCN(CCCCCC)C(=O)CCCOc1ccc2c(c1)CN(CC(=O)NCCCC(C)C)C(N)=N2. The van der Waals surface area contributed by atoms with Crippen molar-refractivity contribution in [2.24, 2.45) is 16.6 Å². The van der Waals surface area contributed by atoms with Crippen molar-refractivity contribution in [3.05, 3.63) is 23.8 Å². The van der Waals surface area contributed by atoms with Crippen molar-refractivity contribution in [3.63, 3.8) is 0 Å². The predicted molar refractivity (Wildman–Crippen MR) is 165 cm³/mol. The number of nitrogens with one attached hydrogen (secondary N) is 1. The molecule has 0 aliphatic carbocycles. The molecular weight excluding hydrogens is 502 g/mol. The molecule has 0 fully saturated rings. The average molecular weight is 558 g/mol. The summed E-state index contributed by atoms with van der Waals surface area (Å²) in [6.45, 7) is 12.4. The molecule has 2 rings (SSSR count). The highest BCUT2D eigenvalue weighted by Crippen LogP contribution is 2.29. The van der Waals surface area contributed by atoms with Gasteiger partial charge in [0.15, 0.2) is 5.96 Å². The Morgan fingerprint density at radius 1 is 1.02 bits per heavy atom. The highest BCUT2D eigenvalue weighted by molar-refractivity contribution is 5.88. The maximum atomic E-state index is 12.9. The summed E-state index contributed by atoms with van der Waals surface area (Å²) in [6, 6.07) is 5.76. The number of hydrogen-bond acceptors (Lipinski definition) is 6. The van der Waals surface area contributed by atoms with Crippen LogP contribution in [0.3, 0.4) is 0 Å². The van der Waals surface area contributed by atoms with Crippen LogP contribution in [0.25, 0.3) is 0 Å². The Bertz CT molecular complexity index is 906. The van der Waals surface area contributed by atoms with E-state index < -0.39 is 0 Å². The van der Waals surface area contributed by atoms with Gasteiger partial charge < -0.3 is 25.6 Å². The zero-order valence-corrected chi connectivity index (χ0v) is 25.7. The van der Waals surface area contributed by atoms with Gasteiger partial charge in [-0.2, -0.15) is 0 Å². The minimum Gasteiger partial charge on any atom is -0.494 e. The van der Waals surface area contributed by atoms with E-state index in [-0.39, 0.29) is 18.4 Å². The molecule has 226 valence electrons. The Morgan fingerprint density at radius 2 is 1.73 bits per heavy atom. The molecule has 0 aromatic heterocycles. The van der Waals surface area contributed by atoms with E-state index in [0.29, 0.717) is 44.4 Å². The zero-order chi connectivity index (χ0) is 29.2. The van der Waals surface area contributed by atoms with Crippen LogP contribution in [0.2, 0.25) is 0 Å². The summed E-state index contributed by atoms with van der Waals surface area (Å²) < 4.78 is 6.01. The molecule has 0 atom stereocenters. The number of hydrogen-bond donors (Lipinski definition) is 2. The fraction of sp³-hybridized carbons (Fsp3) is 0.719. The summed E-state index contributed by atoms with van der Waals surface area (Å²) in [5, 5.41) is 2.98. The molecule has 0 saturated carbocycles. The molecule has 1 aromatic rings. The van der Waals surface area contributed by atoms with Gasteiger partial charge in [0.25, 0.3) is 0 Å². The van der Waals surface area contributed by atoms with Crippen molar-refractivity contribution in [1.29, 1.82) is 0 Å². The van der Waals surface area contributed by atoms with Gasteiger partial charge in [-0.25, -0.2) is 4.99 Å². The van der Waals surface area contributed by atoms with Gasteiger partial charge in [0.1, 0.15) is 5.75 Å². The van der Waals surface area contributed by atoms with Crippen LogP contribution in [0.1, 0.15) is 110 Å². The van der Waals surface area contributed by atoms with E-state index in [2.05, 4.69) is 42.9 Å². The van der Waals surface area contributed by atoms with E-state index in [0.717, 1.165) is 55.8 Å². The Balaban J connectivity index is 1.80. The van der Waals surface area contributed by atoms with Gasteiger partial charge in [0.05, 0.1) is 18.8 Å². The zero-order valence-electron chi connectivity index (χ0n) is 25.7. The van der Waals surface area contributed by atoms with E-state index in [9.17, 15) is 9.59 Å². The molecule has 0 spiro atoms. The van der Waals surface area contributed by atoms with Crippen LogP contribution in [-0.4, -0.2) is 60.4 Å². The van der Waals surface area contributed by atoms with Crippen molar-refractivity contribution >= 4 is 23.5 Å². The third-order valence-electron chi connectivity index (χ3n) is 7.31. The number of rotatable bonds is 21. The Morgan fingerprint density at radius 3 is 2.38 bits per heavy atom. The van der Waals surface area contributed by atoms with Crippen LogP contribution in [0, 0.1) is 5.92 Å². The maximum Gasteiger partial charge on any atom is 0.239 e. The van der Waals surface area contributed by atoms with Crippen molar-refractivity contribution in [2.45, 2.75) is 111 Å². The summed E-state index contributed by atoms with van der Waals surface area (Å²) in [5.41, 5.74) is 7.92. The number of unbranched alkanes of at least 4 members (excludes halogenated alkanes) is 6. The van der Waals surface area contributed by atoms with Gasteiger partial charge in [-0.05, 0) is 56.2 Å². The lowest BCUT2D eigenvalue weighted by Crippen LogP contribution is -2.45. The predicted octanol–water partition coefficient (Wildman–Crippen LogP) is 6.15. The van der Waals surface area contributed by atoms with Crippen LogP contribution >= 0.6 is 0 Å². The molecule has 1 aromatic carbocycles. The standard InChI is InChI=1S/C32H55N5O3/c1-5-7-9-11-20-36(21-12-10-8-6-2)31(39)16-14-22-40-28-17-18-29-27(23-28)24-37(32(33)35-29)25-30(38)34-19-13-15-26(3)4/h17-18,23,26H,5-16,19-22,24-25H2,1-4H3,(H2,33,35)(H,34,38). The number of aliphatic imine (C=N–C) groups is 1. The van der Waals surface area contributed by atoms with E-state index in [1.54, 1.807) is 4.90 Å². The number of amides is 2. The molecule has 8 nitrogen and oxygen atoms in total. The first-order valence-electron chi connectivity index (χ1n) is 15.7. The topological polar surface area (TPSA) is 100 Å². The summed E-state index contributed by atoms with van der Waals surface area (Å²) in [7, 11) is 0. The number of carbonyl (C=O) groups is 2. The molecule has 0 saturated heterocycles. The van der Waals surface area contributed by atoms with Crippen LogP contribution < -0.4 is 15.8 Å². The van der Waals surface area contributed by atoms with E-state index in [4.69, 9.17) is 10.5 Å². The molecule has 1 aliphatic rings. The lowest BCUT2D eigenvalue weighted by Gasteiger charge is -2.28. The first-order chi connectivity index (χ1) is 19.3. The molecular formula is C32H55N5O3. The maximum absolute atomic E-state index is 12.9. The number of benzene rings is 1. The van der Waals surface area contributed by atoms with Crippen LogP contribution in [0.5, 0.6) is 5.75 Å². The van der Waals surface area contributed by atoms with Gasteiger partial charge >= 0.3 is 0 Å². The molecule has 2 amide bonds. The fourth-order valence-corrected chi connectivity index (χ4v) is 4.86.